The van der Waals surface area contributed by atoms with Gasteiger partial charge in [-0.05, 0) is 34.6 Å². The summed E-state index contributed by atoms with van der Waals surface area (Å²) in [7, 11) is 0. The van der Waals surface area contributed by atoms with Crippen LogP contribution in [0.25, 0.3) is 0 Å². The smallest absolute Gasteiger partial charge is 0.0417 e. The van der Waals surface area contributed by atoms with Crippen molar-refractivity contribution in [1.29, 1.82) is 0 Å². The van der Waals surface area contributed by atoms with Gasteiger partial charge in [0.05, 0.1) is 0 Å². The van der Waals surface area contributed by atoms with Crippen molar-refractivity contribution in [3.8, 4) is 0 Å². The Morgan fingerprint density at radius 2 is 1.50 bits per heavy atom. The quantitative estimate of drug-likeness (QED) is 0.435. The minimum atomic E-state index is 0.496. The maximum atomic E-state index is 4.23. The average Bonchev–Trinajstić information content (AvgIpc) is 1.81. The lowest BCUT2D eigenvalue weighted by Gasteiger charge is -2.27. The van der Waals surface area contributed by atoms with Gasteiger partial charge in [-0.15, -0.1) is 0 Å². The van der Waals surface area contributed by atoms with E-state index in [0.717, 1.165) is 0 Å². The number of hydrogen-bond acceptors (Lipinski definition) is 2. The molecule has 0 bridgehead atoms. The summed E-state index contributed by atoms with van der Waals surface area (Å²) in [5, 5.41) is 6.31. The zero-order valence-corrected chi connectivity index (χ0v) is 7.63. The monoisotopic (exact) mass is 142 g/mol. The van der Waals surface area contributed by atoms with Gasteiger partial charge in [0.2, 0.25) is 0 Å². The summed E-state index contributed by atoms with van der Waals surface area (Å²) in [4.78, 5) is 0. The molecule has 0 N–H and O–H groups in total. The van der Waals surface area contributed by atoms with Crippen LogP contribution in [0, 0.1) is 0 Å². The van der Waals surface area contributed by atoms with E-state index in [1.807, 2.05) is 13.1 Å². The molecule has 0 radical (unpaired) electrons. The molecular weight excluding hydrogens is 124 g/mol. The molecule has 0 aromatic rings. The largest absolute Gasteiger partial charge is 0.292 e. The van der Waals surface area contributed by atoms with Crippen molar-refractivity contribution in [2.75, 3.05) is 0 Å². The first-order chi connectivity index (χ1) is 4.59. The van der Waals surface area contributed by atoms with Gasteiger partial charge in [-0.2, -0.15) is 5.10 Å². The van der Waals surface area contributed by atoms with Crippen molar-refractivity contribution in [3.63, 3.8) is 0 Å². The molecule has 0 unspecified atom stereocenters. The lowest BCUT2D eigenvalue weighted by molar-refractivity contribution is 0.184. The first-order valence-corrected chi connectivity index (χ1v) is 3.86. The molecule has 10 heavy (non-hydrogen) atoms. The molecule has 2 heteroatoms. The molecule has 2 nitrogen and oxygen atoms in total. The normalized spacial score (nSPS) is 11.9. The molecule has 0 aliphatic heterocycles. The van der Waals surface area contributed by atoms with Crippen LogP contribution < -0.4 is 0 Å². The highest BCUT2D eigenvalue weighted by Crippen LogP contribution is 2.03. The van der Waals surface area contributed by atoms with E-state index >= 15 is 0 Å². The fraction of sp³-hybridized carbons (Fsp3) is 0.875. The van der Waals surface area contributed by atoms with Crippen LogP contribution in [-0.2, 0) is 0 Å². The van der Waals surface area contributed by atoms with Crippen LogP contribution in [0.4, 0.5) is 0 Å². The summed E-state index contributed by atoms with van der Waals surface area (Å²) in [6, 6.07) is 0.993. The van der Waals surface area contributed by atoms with Crippen molar-refractivity contribution in [1.82, 2.24) is 5.01 Å². The Balaban J connectivity index is 3.98. The van der Waals surface area contributed by atoms with Gasteiger partial charge in [0.1, 0.15) is 0 Å². The van der Waals surface area contributed by atoms with Crippen LogP contribution in [0.1, 0.15) is 34.6 Å². The third kappa shape index (κ3) is 2.85. The van der Waals surface area contributed by atoms with Gasteiger partial charge in [-0.3, -0.25) is 5.01 Å². The number of hydrazone groups is 1. The molecule has 0 spiro atoms. The molecule has 60 valence electrons. The van der Waals surface area contributed by atoms with Gasteiger partial charge >= 0.3 is 0 Å². The van der Waals surface area contributed by atoms with Gasteiger partial charge in [0, 0.05) is 18.3 Å². The van der Waals surface area contributed by atoms with Crippen molar-refractivity contribution in [2.24, 2.45) is 5.10 Å². The Morgan fingerprint density at radius 1 is 1.10 bits per heavy atom. The zero-order valence-electron chi connectivity index (χ0n) is 7.63. The second-order valence-corrected chi connectivity index (χ2v) is 2.94. The summed E-state index contributed by atoms with van der Waals surface area (Å²) < 4.78 is 0. The Labute approximate surface area is 63.9 Å². The van der Waals surface area contributed by atoms with E-state index in [-0.39, 0.29) is 0 Å². The minimum absolute atomic E-state index is 0.496. The highest BCUT2D eigenvalue weighted by atomic mass is 15.5. The van der Waals surface area contributed by atoms with Crippen LogP contribution in [0.2, 0.25) is 0 Å². The van der Waals surface area contributed by atoms with Crippen molar-refractivity contribution in [3.05, 3.63) is 0 Å². The third-order valence-corrected chi connectivity index (χ3v) is 1.31. The van der Waals surface area contributed by atoms with Crippen LogP contribution in [0.15, 0.2) is 5.10 Å². The Kier molecular flexibility index (Phi) is 4.08. The fourth-order valence-electron chi connectivity index (χ4n) is 0.996. The molecule has 0 fully saturated rings. The van der Waals surface area contributed by atoms with E-state index in [4.69, 9.17) is 0 Å². The summed E-state index contributed by atoms with van der Waals surface area (Å²) in [6.07, 6.45) is 1.83. The van der Waals surface area contributed by atoms with E-state index in [9.17, 15) is 0 Å². The lowest BCUT2D eigenvalue weighted by atomic mass is 10.3. The van der Waals surface area contributed by atoms with E-state index < -0.39 is 0 Å². The topological polar surface area (TPSA) is 15.6 Å². The summed E-state index contributed by atoms with van der Waals surface area (Å²) in [5.41, 5.74) is 0. The standard InChI is InChI=1S/C8H18N2/c1-6-9-10(7(2)3)8(4)5/h6-8H,1-5H3. The first kappa shape index (κ1) is 9.47. The van der Waals surface area contributed by atoms with Gasteiger partial charge < -0.3 is 0 Å². The molecule has 0 amide bonds. The second kappa shape index (κ2) is 4.31. The fourth-order valence-corrected chi connectivity index (χ4v) is 0.996. The molecule has 0 heterocycles. The van der Waals surface area contributed by atoms with Crippen molar-refractivity contribution in [2.45, 2.75) is 46.7 Å². The molecule has 0 rings (SSSR count). The third-order valence-electron chi connectivity index (χ3n) is 1.31. The van der Waals surface area contributed by atoms with Gasteiger partial charge in [-0.25, -0.2) is 0 Å². The molecular formula is C8H18N2. The highest BCUT2D eigenvalue weighted by molar-refractivity contribution is 5.52. The average molecular weight is 142 g/mol. The Morgan fingerprint density at radius 3 is 1.60 bits per heavy atom. The minimum Gasteiger partial charge on any atom is -0.292 e. The molecule has 0 aliphatic carbocycles. The number of rotatable bonds is 3. The predicted octanol–water partition coefficient (Wildman–Crippen LogP) is 2.11. The number of hydrogen-bond donors (Lipinski definition) is 0. The Hall–Kier alpha value is -0.530. The van der Waals surface area contributed by atoms with Gasteiger partial charge in [-0.1, -0.05) is 0 Å². The molecule has 0 atom stereocenters. The van der Waals surface area contributed by atoms with E-state index in [2.05, 4.69) is 37.8 Å². The zero-order chi connectivity index (χ0) is 8.15. The molecule has 0 aliphatic rings. The maximum absolute atomic E-state index is 4.23. The van der Waals surface area contributed by atoms with Crippen molar-refractivity contribution >= 4 is 6.21 Å². The molecule has 0 saturated heterocycles. The Bertz CT molecular complexity index is 97.8. The number of nitrogens with zero attached hydrogens (tertiary/aromatic N) is 2. The summed E-state index contributed by atoms with van der Waals surface area (Å²) in [5.74, 6) is 0. The van der Waals surface area contributed by atoms with Crippen molar-refractivity contribution < 1.29 is 0 Å². The maximum Gasteiger partial charge on any atom is 0.0417 e. The van der Waals surface area contributed by atoms with E-state index in [1.165, 1.54) is 0 Å². The summed E-state index contributed by atoms with van der Waals surface area (Å²) in [6.45, 7) is 10.5. The molecule has 0 aromatic carbocycles. The van der Waals surface area contributed by atoms with Crippen LogP contribution in [-0.4, -0.2) is 23.3 Å². The van der Waals surface area contributed by atoms with Gasteiger partial charge in [0.25, 0.3) is 0 Å². The predicted molar refractivity (Wildman–Crippen MR) is 46.3 cm³/mol. The van der Waals surface area contributed by atoms with E-state index in [0.29, 0.717) is 12.1 Å². The van der Waals surface area contributed by atoms with Crippen LogP contribution in [0.3, 0.4) is 0 Å². The lowest BCUT2D eigenvalue weighted by Crippen LogP contribution is -2.31. The van der Waals surface area contributed by atoms with Gasteiger partial charge in [0.15, 0.2) is 0 Å². The molecule has 0 aromatic heterocycles. The highest BCUT2D eigenvalue weighted by Gasteiger charge is 2.07. The molecule has 0 saturated carbocycles. The van der Waals surface area contributed by atoms with Crippen LogP contribution in [0.5, 0.6) is 0 Å². The summed E-state index contributed by atoms with van der Waals surface area (Å²) >= 11 is 0. The van der Waals surface area contributed by atoms with Crippen LogP contribution >= 0.6 is 0 Å². The second-order valence-electron chi connectivity index (χ2n) is 2.94. The SMILES string of the molecule is CC=NN(C(C)C)C(C)C. The van der Waals surface area contributed by atoms with E-state index in [1.54, 1.807) is 0 Å². The first-order valence-electron chi connectivity index (χ1n) is 3.86.